The van der Waals surface area contributed by atoms with Crippen molar-refractivity contribution in [2.75, 3.05) is 12.4 Å². The van der Waals surface area contributed by atoms with Gasteiger partial charge in [0.05, 0.1) is 5.69 Å². The summed E-state index contributed by atoms with van der Waals surface area (Å²) in [5, 5.41) is 3.04. The number of hydrogen-bond donors (Lipinski definition) is 1. The molecule has 5 nitrogen and oxygen atoms in total. The van der Waals surface area contributed by atoms with E-state index in [1.807, 2.05) is 54.9 Å². The van der Waals surface area contributed by atoms with E-state index < -0.39 is 6.61 Å². The third-order valence-electron chi connectivity index (χ3n) is 4.81. The van der Waals surface area contributed by atoms with E-state index in [2.05, 4.69) is 20.0 Å². The van der Waals surface area contributed by atoms with Gasteiger partial charge in [0.25, 0.3) is 0 Å². The van der Waals surface area contributed by atoms with E-state index >= 15 is 0 Å². The fourth-order valence-electron chi connectivity index (χ4n) is 3.38. The van der Waals surface area contributed by atoms with Crippen LogP contribution in [-0.4, -0.2) is 28.0 Å². The van der Waals surface area contributed by atoms with Crippen molar-refractivity contribution in [3.63, 3.8) is 0 Å². The predicted molar refractivity (Wildman–Crippen MR) is 109 cm³/mol. The smallest absolute Gasteiger partial charge is 0.387 e. The lowest BCUT2D eigenvalue weighted by Gasteiger charge is -2.11. The fraction of sp³-hybridized carbons (Fsp3) is 0.182. The van der Waals surface area contributed by atoms with Crippen molar-refractivity contribution in [3.05, 3.63) is 77.9 Å². The van der Waals surface area contributed by atoms with Gasteiger partial charge in [0.2, 0.25) is 0 Å². The fourth-order valence-corrected chi connectivity index (χ4v) is 3.38. The number of aryl methyl sites for hydroxylation is 1. The summed E-state index contributed by atoms with van der Waals surface area (Å²) in [6.07, 6.45) is 4.19. The summed E-state index contributed by atoms with van der Waals surface area (Å²) in [7, 11) is 1.82. The molecule has 0 aliphatic carbocycles. The minimum atomic E-state index is -2.86. The van der Waals surface area contributed by atoms with Gasteiger partial charge in [-0.05, 0) is 48.4 Å². The summed E-state index contributed by atoms with van der Waals surface area (Å²) in [5.74, 6) is 0.962. The second kappa shape index (κ2) is 7.87. The highest BCUT2D eigenvalue weighted by molar-refractivity contribution is 5.67. The number of ether oxygens (including phenoxy) is 1. The Morgan fingerprint density at radius 1 is 1.10 bits per heavy atom. The van der Waals surface area contributed by atoms with Crippen molar-refractivity contribution >= 4 is 11.5 Å². The maximum Gasteiger partial charge on any atom is 0.387 e. The summed E-state index contributed by atoms with van der Waals surface area (Å²) in [4.78, 5) is 8.87. The van der Waals surface area contributed by atoms with Crippen LogP contribution in [0.4, 0.5) is 14.6 Å². The van der Waals surface area contributed by atoms with Crippen LogP contribution < -0.4 is 10.1 Å². The van der Waals surface area contributed by atoms with E-state index in [-0.39, 0.29) is 5.75 Å². The van der Waals surface area contributed by atoms with E-state index in [1.54, 1.807) is 24.4 Å². The van der Waals surface area contributed by atoms with E-state index in [4.69, 9.17) is 0 Å². The minimum Gasteiger partial charge on any atom is -0.435 e. The molecule has 7 heteroatoms. The highest BCUT2D eigenvalue weighted by atomic mass is 19.3. The lowest BCUT2D eigenvalue weighted by molar-refractivity contribution is -0.0503. The lowest BCUT2D eigenvalue weighted by Crippen LogP contribution is -2.05. The van der Waals surface area contributed by atoms with Gasteiger partial charge in [0.1, 0.15) is 17.2 Å². The first-order chi connectivity index (χ1) is 14.0. The average Bonchev–Trinajstić information content (AvgIpc) is 3.03. The van der Waals surface area contributed by atoms with Crippen LogP contribution in [0.5, 0.6) is 5.75 Å². The number of pyridine rings is 2. The lowest BCUT2D eigenvalue weighted by atomic mass is 10.1. The molecule has 0 saturated carbocycles. The monoisotopic (exact) mass is 394 g/mol. The highest BCUT2D eigenvalue weighted by Gasteiger charge is 2.15. The van der Waals surface area contributed by atoms with E-state index in [1.165, 1.54) is 0 Å². The minimum absolute atomic E-state index is 0.181. The predicted octanol–water partition coefficient (Wildman–Crippen LogP) is 4.94. The van der Waals surface area contributed by atoms with Crippen molar-refractivity contribution in [1.82, 2.24) is 14.4 Å². The van der Waals surface area contributed by atoms with Crippen LogP contribution in [0.15, 0.2) is 60.9 Å². The van der Waals surface area contributed by atoms with Crippen LogP contribution in [-0.2, 0) is 6.42 Å². The molecule has 0 atom stereocenters. The zero-order valence-electron chi connectivity index (χ0n) is 16.1. The molecule has 0 amide bonds. The molecule has 0 fully saturated rings. The zero-order valence-corrected chi connectivity index (χ0v) is 16.1. The van der Waals surface area contributed by atoms with Gasteiger partial charge in [-0.25, -0.2) is 9.97 Å². The van der Waals surface area contributed by atoms with Crippen molar-refractivity contribution in [2.24, 2.45) is 0 Å². The summed E-state index contributed by atoms with van der Waals surface area (Å²) >= 11 is 0. The molecule has 0 spiro atoms. The topological polar surface area (TPSA) is 51.5 Å². The van der Waals surface area contributed by atoms with Crippen LogP contribution in [0.25, 0.3) is 16.8 Å². The Bertz CT molecular complexity index is 1160. The van der Waals surface area contributed by atoms with Gasteiger partial charge in [-0.15, -0.1) is 0 Å². The molecule has 0 aliphatic heterocycles. The SMILES string of the molecule is CNc1cc(-c2ccc3nc(C)c(Cc4ccccc4OC(F)F)n3c2)ccn1. The maximum atomic E-state index is 12.8. The van der Waals surface area contributed by atoms with Crippen molar-refractivity contribution in [3.8, 4) is 16.9 Å². The number of benzene rings is 1. The zero-order chi connectivity index (χ0) is 20.4. The van der Waals surface area contributed by atoms with Gasteiger partial charge in [-0.3, -0.25) is 0 Å². The molecule has 4 rings (SSSR count). The number of alkyl halides is 2. The second-order valence-electron chi connectivity index (χ2n) is 6.63. The molecular formula is C22H20F2N4O. The van der Waals surface area contributed by atoms with Crippen LogP contribution in [0.1, 0.15) is 17.0 Å². The molecule has 1 aromatic carbocycles. The van der Waals surface area contributed by atoms with Gasteiger partial charge < -0.3 is 14.5 Å². The van der Waals surface area contributed by atoms with Gasteiger partial charge in [0.15, 0.2) is 0 Å². The normalized spacial score (nSPS) is 11.2. The van der Waals surface area contributed by atoms with Crippen LogP contribution in [0.2, 0.25) is 0 Å². The molecule has 0 unspecified atom stereocenters. The number of imidazole rings is 1. The molecule has 0 radical (unpaired) electrons. The molecule has 0 saturated heterocycles. The molecule has 148 valence electrons. The third kappa shape index (κ3) is 3.89. The van der Waals surface area contributed by atoms with Gasteiger partial charge in [0, 0.05) is 37.1 Å². The van der Waals surface area contributed by atoms with E-state index in [9.17, 15) is 8.78 Å². The summed E-state index contributed by atoms with van der Waals surface area (Å²) in [5.41, 5.74) is 5.28. The number of anilines is 1. The Balaban J connectivity index is 1.76. The maximum absolute atomic E-state index is 12.8. The summed E-state index contributed by atoms with van der Waals surface area (Å²) in [6.45, 7) is -0.941. The largest absolute Gasteiger partial charge is 0.435 e. The number of rotatable bonds is 6. The molecule has 3 aromatic heterocycles. The number of halogens is 2. The van der Waals surface area contributed by atoms with Gasteiger partial charge in [-0.1, -0.05) is 18.2 Å². The van der Waals surface area contributed by atoms with E-state index in [0.29, 0.717) is 12.0 Å². The number of hydrogen-bond acceptors (Lipinski definition) is 4. The first-order valence-electron chi connectivity index (χ1n) is 9.19. The number of nitrogens with zero attached hydrogens (tertiary/aromatic N) is 3. The quantitative estimate of drug-likeness (QED) is 0.503. The van der Waals surface area contributed by atoms with Crippen LogP contribution in [0.3, 0.4) is 0 Å². The molecule has 0 aliphatic rings. The summed E-state index contributed by atoms with van der Waals surface area (Å²) in [6, 6.07) is 14.7. The Morgan fingerprint density at radius 3 is 2.72 bits per heavy atom. The highest BCUT2D eigenvalue weighted by Crippen LogP contribution is 2.27. The standard InChI is InChI=1S/C22H20F2N4O/c1-14-18(11-16-5-3-4-6-19(16)29-22(23)24)28-13-17(7-8-21(28)27-14)15-9-10-26-20(12-15)25-2/h3-10,12-13,22H,11H2,1-2H3,(H,25,26). The molecule has 0 bridgehead atoms. The number of fused-ring (bicyclic) bond motifs is 1. The second-order valence-corrected chi connectivity index (χ2v) is 6.63. The van der Waals surface area contributed by atoms with Crippen LogP contribution in [0, 0.1) is 6.92 Å². The van der Waals surface area contributed by atoms with Gasteiger partial charge >= 0.3 is 6.61 Å². The number of nitrogens with one attached hydrogen (secondary N) is 1. The molecule has 4 aromatic rings. The Morgan fingerprint density at radius 2 is 1.93 bits per heavy atom. The first-order valence-corrected chi connectivity index (χ1v) is 9.19. The van der Waals surface area contributed by atoms with Crippen molar-refractivity contribution < 1.29 is 13.5 Å². The van der Waals surface area contributed by atoms with Crippen molar-refractivity contribution in [2.45, 2.75) is 20.0 Å². The molecule has 29 heavy (non-hydrogen) atoms. The number of aromatic nitrogens is 3. The van der Waals surface area contributed by atoms with Gasteiger partial charge in [-0.2, -0.15) is 8.78 Å². The third-order valence-corrected chi connectivity index (χ3v) is 4.81. The Kier molecular flexibility index (Phi) is 5.12. The summed E-state index contributed by atoms with van der Waals surface area (Å²) < 4.78 is 32.2. The molecule has 1 N–H and O–H groups in total. The Hall–Kier alpha value is -3.48. The van der Waals surface area contributed by atoms with Crippen LogP contribution >= 0.6 is 0 Å². The molecular weight excluding hydrogens is 374 g/mol. The Labute approximate surface area is 167 Å². The average molecular weight is 394 g/mol. The van der Waals surface area contributed by atoms with Crippen molar-refractivity contribution in [1.29, 1.82) is 0 Å². The number of para-hydroxylation sites is 1. The van der Waals surface area contributed by atoms with E-state index in [0.717, 1.165) is 34.0 Å². The molecule has 3 heterocycles. The first kappa shape index (κ1) is 18.9.